The highest BCUT2D eigenvalue weighted by molar-refractivity contribution is 5.78. The quantitative estimate of drug-likeness (QED) is 0.350. The van der Waals surface area contributed by atoms with Gasteiger partial charge in [0.1, 0.15) is 23.4 Å². The molecule has 0 saturated carbocycles. The number of nitrogens with zero attached hydrogens (tertiary/aromatic N) is 6. The maximum atomic E-state index is 6.08. The Morgan fingerprint density at radius 1 is 1.06 bits per heavy atom. The second-order valence-corrected chi connectivity index (χ2v) is 8.66. The molecule has 1 aromatic carbocycles. The van der Waals surface area contributed by atoms with E-state index in [2.05, 4.69) is 33.9 Å². The molecule has 180 valence electrons. The molecule has 0 radical (unpaired) electrons. The van der Waals surface area contributed by atoms with E-state index in [1.807, 2.05) is 53.6 Å². The number of pyridine rings is 1. The Morgan fingerprint density at radius 2 is 1.91 bits per heavy atom. The van der Waals surface area contributed by atoms with Crippen molar-refractivity contribution in [3.8, 4) is 28.3 Å². The monoisotopic (exact) mass is 470 g/mol. The molecule has 0 unspecified atom stereocenters. The largest absolute Gasteiger partial charge is 0.488 e. The molecular weight excluding hydrogens is 440 g/mol. The average Bonchev–Trinajstić information content (AvgIpc) is 3.32. The normalized spacial score (nSPS) is 14.1. The van der Waals surface area contributed by atoms with E-state index >= 15 is 0 Å². The molecule has 1 aliphatic rings. The summed E-state index contributed by atoms with van der Waals surface area (Å²) in [5, 5.41) is 4.75. The Morgan fingerprint density at radius 3 is 2.66 bits per heavy atom. The van der Waals surface area contributed by atoms with Crippen molar-refractivity contribution >= 4 is 0 Å². The van der Waals surface area contributed by atoms with Crippen LogP contribution in [0.5, 0.6) is 5.75 Å². The van der Waals surface area contributed by atoms with Crippen molar-refractivity contribution in [1.82, 2.24) is 29.6 Å². The van der Waals surface area contributed by atoms with E-state index in [0.29, 0.717) is 6.42 Å². The topological polar surface area (TPSA) is 78.2 Å². The summed E-state index contributed by atoms with van der Waals surface area (Å²) in [6.07, 6.45) is 8.35. The number of rotatable bonds is 10. The lowest BCUT2D eigenvalue weighted by Gasteiger charge is -2.38. The minimum absolute atomic E-state index is 0.246. The first-order chi connectivity index (χ1) is 17.2. The van der Waals surface area contributed by atoms with Gasteiger partial charge in [-0.2, -0.15) is 5.10 Å². The van der Waals surface area contributed by atoms with E-state index in [-0.39, 0.29) is 6.10 Å². The van der Waals surface area contributed by atoms with Crippen LogP contribution in [0.2, 0.25) is 0 Å². The Hall–Kier alpha value is -3.62. The standard InChI is InChI=1S/C27H30N6O2/c1-3-33-19-24(27(31-33)21-5-4-11-28-16-21)25-10-12-29-26(30-25)15-20-6-8-22(9-7-20)35-23-17-32(18-23)13-14-34-2/h4-12,16,19,23H,3,13-15,17-18H2,1-2H3. The van der Waals surface area contributed by atoms with Gasteiger partial charge in [0.15, 0.2) is 0 Å². The zero-order valence-electron chi connectivity index (χ0n) is 20.2. The predicted octanol–water partition coefficient (Wildman–Crippen LogP) is 3.72. The zero-order chi connectivity index (χ0) is 24.0. The average molecular weight is 471 g/mol. The number of ether oxygens (including phenoxy) is 2. The van der Waals surface area contributed by atoms with Gasteiger partial charge < -0.3 is 9.47 Å². The summed E-state index contributed by atoms with van der Waals surface area (Å²) in [5.74, 6) is 1.67. The fraction of sp³-hybridized carbons (Fsp3) is 0.333. The highest BCUT2D eigenvalue weighted by Gasteiger charge is 2.27. The van der Waals surface area contributed by atoms with Gasteiger partial charge in [-0.25, -0.2) is 9.97 Å². The number of benzene rings is 1. The van der Waals surface area contributed by atoms with E-state index in [4.69, 9.17) is 19.6 Å². The highest BCUT2D eigenvalue weighted by atomic mass is 16.5. The summed E-state index contributed by atoms with van der Waals surface area (Å²) < 4.78 is 13.1. The molecule has 4 heterocycles. The van der Waals surface area contributed by atoms with E-state index in [0.717, 1.165) is 72.4 Å². The van der Waals surface area contributed by atoms with Crippen molar-refractivity contribution in [1.29, 1.82) is 0 Å². The van der Waals surface area contributed by atoms with Gasteiger partial charge in [-0.05, 0) is 42.8 Å². The molecular formula is C27H30N6O2. The van der Waals surface area contributed by atoms with Crippen LogP contribution in [-0.2, 0) is 17.7 Å². The summed E-state index contributed by atoms with van der Waals surface area (Å²) in [6.45, 7) is 6.47. The van der Waals surface area contributed by atoms with Crippen molar-refractivity contribution < 1.29 is 9.47 Å². The van der Waals surface area contributed by atoms with Crippen LogP contribution in [0, 0.1) is 0 Å². The lowest BCUT2D eigenvalue weighted by atomic mass is 10.1. The molecule has 0 spiro atoms. The third kappa shape index (κ3) is 5.55. The van der Waals surface area contributed by atoms with Crippen LogP contribution in [0.15, 0.2) is 67.3 Å². The van der Waals surface area contributed by atoms with E-state index < -0.39 is 0 Å². The SMILES string of the molecule is CCn1cc(-c2ccnc(Cc3ccc(OC4CN(CCOC)C4)cc3)n2)c(-c2cccnc2)n1. The Bertz CT molecular complexity index is 1240. The first-order valence-corrected chi connectivity index (χ1v) is 12.0. The minimum atomic E-state index is 0.246. The summed E-state index contributed by atoms with van der Waals surface area (Å²) in [5.41, 5.74) is 4.83. The molecule has 4 aromatic rings. The Labute approximate surface area is 205 Å². The molecule has 35 heavy (non-hydrogen) atoms. The molecule has 0 atom stereocenters. The maximum Gasteiger partial charge on any atom is 0.133 e. The van der Waals surface area contributed by atoms with E-state index in [1.54, 1.807) is 13.3 Å². The minimum Gasteiger partial charge on any atom is -0.488 e. The van der Waals surface area contributed by atoms with Crippen molar-refractivity contribution in [2.24, 2.45) is 0 Å². The maximum absolute atomic E-state index is 6.08. The van der Waals surface area contributed by atoms with Gasteiger partial charge in [-0.15, -0.1) is 0 Å². The number of methoxy groups -OCH3 is 1. The van der Waals surface area contributed by atoms with Gasteiger partial charge in [0.25, 0.3) is 0 Å². The first kappa shape index (κ1) is 23.1. The van der Waals surface area contributed by atoms with Gasteiger partial charge in [-0.1, -0.05) is 12.1 Å². The van der Waals surface area contributed by atoms with Crippen LogP contribution in [0.1, 0.15) is 18.3 Å². The summed E-state index contributed by atoms with van der Waals surface area (Å²) in [4.78, 5) is 16.0. The van der Waals surface area contributed by atoms with Crippen LogP contribution < -0.4 is 4.74 Å². The van der Waals surface area contributed by atoms with Crippen LogP contribution in [0.3, 0.4) is 0 Å². The summed E-state index contributed by atoms with van der Waals surface area (Å²) in [6, 6.07) is 14.1. The van der Waals surface area contributed by atoms with Gasteiger partial charge in [0.2, 0.25) is 0 Å². The Kier molecular flexibility index (Phi) is 7.11. The smallest absolute Gasteiger partial charge is 0.133 e. The molecule has 1 fully saturated rings. The van der Waals surface area contributed by atoms with Gasteiger partial charge in [-0.3, -0.25) is 14.6 Å². The number of aromatic nitrogens is 5. The summed E-state index contributed by atoms with van der Waals surface area (Å²) in [7, 11) is 1.73. The Balaban J connectivity index is 1.26. The third-order valence-electron chi connectivity index (χ3n) is 6.13. The lowest BCUT2D eigenvalue weighted by molar-refractivity contribution is 0.00573. The van der Waals surface area contributed by atoms with E-state index in [1.165, 1.54) is 0 Å². The van der Waals surface area contributed by atoms with Crippen LogP contribution >= 0.6 is 0 Å². The number of hydrogen-bond donors (Lipinski definition) is 0. The van der Waals surface area contributed by atoms with Gasteiger partial charge in [0, 0.05) is 75.6 Å². The fourth-order valence-corrected chi connectivity index (χ4v) is 4.18. The van der Waals surface area contributed by atoms with Crippen molar-refractivity contribution in [3.05, 3.63) is 78.6 Å². The lowest BCUT2D eigenvalue weighted by Crippen LogP contribution is -2.54. The van der Waals surface area contributed by atoms with Crippen LogP contribution in [-0.4, -0.2) is 69.1 Å². The molecule has 5 rings (SSSR count). The van der Waals surface area contributed by atoms with Crippen molar-refractivity contribution in [2.75, 3.05) is 33.4 Å². The molecule has 1 saturated heterocycles. The fourth-order valence-electron chi connectivity index (χ4n) is 4.18. The van der Waals surface area contributed by atoms with Gasteiger partial charge in [0.05, 0.1) is 12.3 Å². The highest BCUT2D eigenvalue weighted by Crippen LogP contribution is 2.29. The third-order valence-corrected chi connectivity index (χ3v) is 6.13. The second-order valence-electron chi connectivity index (χ2n) is 8.66. The molecule has 0 aliphatic carbocycles. The second kappa shape index (κ2) is 10.8. The number of aryl methyl sites for hydroxylation is 1. The molecule has 0 N–H and O–H groups in total. The van der Waals surface area contributed by atoms with Crippen molar-refractivity contribution in [2.45, 2.75) is 26.0 Å². The van der Waals surface area contributed by atoms with Crippen LogP contribution in [0.25, 0.3) is 22.5 Å². The zero-order valence-corrected chi connectivity index (χ0v) is 20.2. The van der Waals surface area contributed by atoms with E-state index in [9.17, 15) is 0 Å². The van der Waals surface area contributed by atoms with Crippen LogP contribution in [0.4, 0.5) is 0 Å². The van der Waals surface area contributed by atoms with Crippen molar-refractivity contribution in [3.63, 3.8) is 0 Å². The van der Waals surface area contributed by atoms with Gasteiger partial charge >= 0.3 is 0 Å². The molecule has 1 aliphatic heterocycles. The molecule has 0 bridgehead atoms. The first-order valence-electron chi connectivity index (χ1n) is 12.0. The number of likely N-dealkylation sites (tertiary alicyclic amines) is 1. The summed E-state index contributed by atoms with van der Waals surface area (Å²) >= 11 is 0. The molecule has 8 nitrogen and oxygen atoms in total. The number of hydrogen-bond acceptors (Lipinski definition) is 7. The molecule has 0 amide bonds. The predicted molar refractivity (Wildman–Crippen MR) is 134 cm³/mol. The molecule has 3 aromatic heterocycles. The molecule has 8 heteroatoms.